The molecule has 0 aliphatic carbocycles. The molecule has 2 rings (SSSR count). The molecule has 1 heterocycles. The number of pyridine rings is 1. The summed E-state index contributed by atoms with van der Waals surface area (Å²) in [6, 6.07) is 7.60. The van der Waals surface area contributed by atoms with Crippen molar-refractivity contribution in [2.75, 3.05) is 0 Å². The van der Waals surface area contributed by atoms with Gasteiger partial charge in [-0.2, -0.15) is 0 Å². The monoisotopic (exact) mass is 288 g/mol. The van der Waals surface area contributed by atoms with Crippen LogP contribution in [0, 0.1) is 17.0 Å². The summed E-state index contributed by atoms with van der Waals surface area (Å²) in [7, 11) is 0. The number of benzene rings is 1. The first-order valence-corrected chi connectivity index (χ1v) is 6.03. The highest BCUT2D eigenvalue weighted by Crippen LogP contribution is 2.28. The van der Waals surface area contributed by atoms with Gasteiger partial charge in [-0.25, -0.2) is 9.78 Å². The Balaban J connectivity index is 2.18. The largest absolute Gasteiger partial charge is 0.482 e. The average molecular weight is 288 g/mol. The number of nitro groups is 1. The Kier molecular flexibility index (Phi) is 4.13. The maximum absolute atomic E-state index is 11.0. The Hall–Kier alpha value is -2.96. The third kappa shape index (κ3) is 3.53. The third-order valence-electron chi connectivity index (χ3n) is 2.75. The molecule has 1 aromatic carbocycles. The number of aryl methyl sites for hydroxylation is 1. The van der Waals surface area contributed by atoms with Crippen molar-refractivity contribution >= 4 is 11.7 Å². The fourth-order valence-electron chi connectivity index (χ4n) is 1.73. The molecule has 0 fully saturated rings. The van der Waals surface area contributed by atoms with Gasteiger partial charge >= 0.3 is 11.7 Å². The molecule has 0 saturated carbocycles. The van der Waals surface area contributed by atoms with Crippen LogP contribution in [-0.4, -0.2) is 21.0 Å². The smallest absolute Gasteiger partial charge is 0.354 e. The van der Waals surface area contributed by atoms with E-state index in [1.807, 2.05) is 0 Å². The van der Waals surface area contributed by atoms with Gasteiger partial charge in [-0.1, -0.05) is 6.07 Å². The van der Waals surface area contributed by atoms with Crippen LogP contribution in [0.25, 0.3) is 0 Å². The van der Waals surface area contributed by atoms with E-state index < -0.39 is 10.9 Å². The van der Waals surface area contributed by atoms with Gasteiger partial charge in [0, 0.05) is 12.3 Å². The van der Waals surface area contributed by atoms with Crippen LogP contribution in [0.15, 0.2) is 36.5 Å². The number of hydrogen-bond acceptors (Lipinski definition) is 5. The number of ether oxygens (including phenoxy) is 1. The van der Waals surface area contributed by atoms with Crippen LogP contribution in [0.3, 0.4) is 0 Å². The summed E-state index contributed by atoms with van der Waals surface area (Å²) in [6.45, 7) is 1.77. The summed E-state index contributed by atoms with van der Waals surface area (Å²) in [5.74, 6) is -1.00. The van der Waals surface area contributed by atoms with Crippen LogP contribution in [0.2, 0.25) is 0 Å². The van der Waals surface area contributed by atoms with Crippen LogP contribution >= 0.6 is 0 Å². The lowest BCUT2D eigenvalue weighted by Crippen LogP contribution is -2.03. The standard InChI is InChI=1S/C14H12N2O5/c1-9-2-3-13(12(6-9)16(19)20)21-8-10-4-5-15-11(7-10)14(17)18/h2-7H,8H2,1H3,(H,17,18). The van der Waals surface area contributed by atoms with E-state index in [2.05, 4.69) is 4.98 Å². The molecule has 108 valence electrons. The summed E-state index contributed by atoms with van der Waals surface area (Å²) in [5, 5.41) is 19.8. The summed E-state index contributed by atoms with van der Waals surface area (Å²) in [5.41, 5.74) is 1.10. The van der Waals surface area contributed by atoms with Crippen LogP contribution in [0.1, 0.15) is 21.6 Å². The van der Waals surface area contributed by atoms with Crippen molar-refractivity contribution in [1.29, 1.82) is 0 Å². The van der Waals surface area contributed by atoms with E-state index in [1.54, 1.807) is 19.1 Å². The molecule has 0 aliphatic heterocycles. The van der Waals surface area contributed by atoms with E-state index in [0.29, 0.717) is 5.56 Å². The first kappa shape index (κ1) is 14.4. The van der Waals surface area contributed by atoms with Gasteiger partial charge in [-0.15, -0.1) is 0 Å². The molecule has 0 radical (unpaired) electrons. The number of aromatic carboxylic acids is 1. The second-order valence-electron chi connectivity index (χ2n) is 4.37. The second-order valence-corrected chi connectivity index (χ2v) is 4.37. The minimum Gasteiger partial charge on any atom is -0.482 e. The minimum absolute atomic E-state index is 0.0205. The fourth-order valence-corrected chi connectivity index (χ4v) is 1.73. The van der Waals surface area contributed by atoms with E-state index >= 15 is 0 Å². The zero-order valence-electron chi connectivity index (χ0n) is 11.1. The molecule has 7 nitrogen and oxygen atoms in total. The average Bonchev–Trinajstić information content (AvgIpc) is 2.46. The Morgan fingerprint density at radius 3 is 2.81 bits per heavy atom. The molecule has 0 saturated heterocycles. The van der Waals surface area contributed by atoms with Crippen LogP contribution in [0.4, 0.5) is 5.69 Å². The van der Waals surface area contributed by atoms with Gasteiger partial charge < -0.3 is 9.84 Å². The molecule has 0 amide bonds. The van der Waals surface area contributed by atoms with Crippen molar-refractivity contribution in [3.63, 3.8) is 0 Å². The Morgan fingerprint density at radius 2 is 2.14 bits per heavy atom. The highest BCUT2D eigenvalue weighted by molar-refractivity contribution is 5.85. The predicted molar refractivity (Wildman–Crippen MR) is 73.4 cm³/mol. The highest BCUT2D eigenvalue weighted by Gasteiger charge is 2.15. The molecule has 0 unspecified atom stereocenters. The number of carbonyl (C=O) groups is 1. The molecule has 0 aliphatic rings. The molecular weight excluding hydrogens is 276 g/mol. The molecule has 1 aromatic heterocycles. The lowest BCUT2D eigenvalue weighted by Gasteiger charge is -2.07. The first-order chi connectivity index (χ1) is 9.97. The molecule has 2 aromatic rings. The topological polar surface area (TPSA) is 103 Å². The van der Waals surface area contributed by atoms with Crippen molar-refractivity contribution in [3.8, 4) is 5.75 Å². The highest BCUT2D eigenvalue weighted by atomic mass is 16.6. The quantitative estimate of drug-likeness (QED) is 0.670. The third-order valence-corrected chi connectivity index (χ3v) is 2.75. The maximum atomic E-state index is 11.0. The molecular formula is C14H12N2O5. The Bertz CT molecular complexity index is 700. The molecule has 21 heavy (non-hydrogen) atoms. The molecule has 1 N–H and O–H groups in total. The number of hydrogen-bond donors (Lipinski definition) is 1. The minimum atomic E-state index is -1.14. The van der Waals surface area contributed by atoms with Crippen LogP contribution in [-0.2, 0) is 6.61 Å². The first-order valence-electron chi connectivity index (χ1n) is 6.03. The summed E-state index contributed by atoms with van der Waals surface area (Å²) >= 11 is 0. The number of carboxylic acid groups (broad SMARTS) is 1. The van der Waals surface area contributed by atoms with Gasteiger partial charge in [-0.05, 0) is 36.2 Å². The number of nitrogens with zero attached hydrogens (tertiary/aromatic N) is 2. The van der Waals surface area contributed by atoms with E-state index in [9.17, 15) is 14.9 Å². The normalized spacial score (nSPS) is 10.1. The predicted octanol–water partition coefficient (Wildman–Crippen LogP) is 2.58. The SMILES string of the molecule is Cc1ccc(OCc2ccnc(C(=O)O)c2)c([N+](=O)[O-])c1. The summed E-state index contributed by atoms with van der Waals surface area (Å²) in [4.78, 5) is 25.0. The Labute approximate surface area is 120 Å². The van der Waals surface area contributed by atoms with E-state index in [0.717, 1.165) is 5.56 Å². The lowest BCUT2D eigenvalue weighted by molar-refractivity contribution is -0.386. The van der Waals surface area contributed by atoms with Gasteiger partial charge in [0.25, 0.3) is 0 Å². The van der Waals surface area contributed by atoms with E-state index in [1.165, 1.54) is 24.4 Å². The molecule has 0 bridgehead atoms. The van der Waals surface area contributed by atoms with Crippen molar-refractivity contribution < 1.29 is 19.6 Å². The number of aromatic nitrogens is 1. The van der Waals surface area contributed by atoms with E-state index in [-0.39, 0.29) is 23.7 Å². The summed E-state index contributed by atoms with van der Waals surface area (Å²) < 4.78 is 5.41. The van der Waals surface area contributed by atoms with Gasteiger partial charge in [-0.3, -0.25) is 10.1 Å². The summed E-state index contributed by atoms with van der Waals surface area (Å²) in [6.07, 6.45) is 1.35. The second kappa shape index (κ2) is 6.00. The van der Waals surface area contributed by atoms with Crippen molar-refractivity contribution in [2.45, 2.75) is 13.5 Å². The van der Waals surface area contributed by atoms with Crippen molar-refractivity contribution in [2.24, 2.45) is 0 Å². The van der Waals surface area contributed by atoms with Gasteiger partial charge in [0.1, 0.15) is 12.3 Å². The van der Waals surface area contributed by atoms with Crippen molar-refractivity contribution in [1.82, 2.24) is 4.98 Å². The van der Waals surface area contributed by atoms with Crippen LogP contribution in [0.5, 0.6) is 5.75 Å². The zero-order valence-corrected chi connectivity index (χ0v) is 11.1. The van der Waals surface area contributed by atoms with Gasteiger partial charge in [0.05, 0.1) is 4.92 Å². The van der Waals surface area contributed by atoms with Crippen LogP contribution < -0.4 is 4.74 Å². The van der Waals surface area contributed by atoms with Crippen molar-refractivity contribution in [3.05, 3.63) is 63.5 Å². The molecule has 0 atom stereocenters. The number of rotatable bonds is 5. The Morgan fingerprint density at radius 1 is 1.38 bits per heavy atom. The lowest BCUT2D eigenvalue weighted by atomic mass is 10.2. The van der Waals surface area contributed by atoms with Gasteiger partial charge in [0.15, 0.2) is 5.75 Å². The molecule has 7 heteroatoms. The molecule has 0 spiro atoms. The van der Waals surface area contributed by atoms with E-state index in [4.69, 9.17) is 9.84 Å². The van der Waals surface area contributed by atoms with Gasteiger partial charge in [0.2, 0.25) is 0 Å². The number of carboxylic acids is 1. The fraction of sp³-hybridized carbons (Fsp3) is 0.143. The number of nitro benzene ring substituents is 1. The zero-order chi connectivity index (χ0) is 15.4. The maximum Gasteiger partial charge on any atom is 0.354 e.